The summed E-state index contributed by atoms with van der Waals surface area (Å²) in [4.78, 5) is 27.5. The SMILES string of the molecule is Cc1ccn(CCNc2c(NCc3ccccn3)c(=O)c2=O)n1. The van der Waals surface area contributed by atoms with Crippen molar-refractivity contribution < 1.29 is 0 Å². The number of nitrogens with zero attached hydrogens (tertiary/aromatic N) is 3. The normalized spacial score (nSPS) is 10.8. The Morgan fingerprint density at radius 2 is 1.87 bits per heavy atom. The van der Waals surface area contributed by atoms with Crippen LogP contribution < -0.4 is 21.5 Å². The van der Waals surface area contributed by atoms with Gasteiger partial charge in [-0.1, -0.05) is 6.07 Å². The van der Waals surface area contributed by atoms with Gasteiger partial charge >= 0.3 is 0 Å². The van der Waals surface area contributed by atoms with Crippen LogP contribution in [0.3, 0.4) is 0 Å². The van der Waals surface area contributed by atoms with Gasteiger partial charge in [-0.2, -0.15) is 5.10 Å². The van der Waals surface area contributed by atoms with E-state index < -0.39 is 10.9 Å². The molecule has 7 nitrogen and oxygen atoms in total. The van der Waals surface area contributed by atoms with E-state index in [1.807, 2.05) is 37.4 Å². The second-order valence-electron chi connectivity index (χ2n) is 5.23. The van der Waals surface area contributed by atoms with Gasteiger partial charge in [0.15, 0.2) is 0 Å². The molecule has 23 heavy (non-hydrogen) atoms. The molecule has 0 bridgehead atoms. The number of anilines is 2. The van der Waals surface area contributed by atoms with E-state index in [-0.39, 0.29) is 0 Å². The maximum Gasteiger partial charge on any atom is 0.253 e. The first-order valence-electron chi connectivity index (χ1n) is 7.36. The Morgan fingerprint density at radius 1 is 1.09 bits per heavy atom. The summed E-state index contributed by atoms with van der Waals surface area (Å²) in [6, 6.07) is 7.46. The van der Waals surface area contributed by atoms with E-state index in [1.165, 1.54) is 0 Å². The lowest BCUT2D eigenvalue weighted by atomic mass is 10.2. The molecule has 0 aliphatic carbocycles. The molecule has 0 spiro atoms. The largest absolute Gasteiger partial charge is 0.378 e. The summed E-state index contributed by atoms with van der Waals surface area (Å²) in [6.45, 7) is 3.45. The fraction of sp³-hybridized carbons (Fsp3) is 0.250. The molecular formula is C16H17N5O2. The number of pyridine rings is 1. The van der Waals surface area contributed by atoms with Crippen LogP contribution in [0.2, 0.25) is 0 Å². The van der Waals surface area contributed by atoms with Crippen molar-refractivity contribution in [1.29, 1.82) is 0 Å². The zero-order valence-corrected chi connectivity index (χ0v) is 12.7. The van der Waals surface area contributed by atoms with E-state index >= 15 is 0 Å². The minimum atomic E-state index is -0.488. The van der Waals surface area contributed by atoms with E-state index in [1.54, 1.807) is 10.9 Å². The van der Waals surface area contributed by atoms with Crippen LogP contribution in [0.1, 0.15) is 11.4 Å². The fourth-order valence-corrected chi connectivity index (χ4v) is 2.29. The lowest BCUT2D eigenvalue weighted by molar-refractivity contribution is 0.632. The summed E-state index contributed by atoms with van der Waals surface area (Å²) >= 11 is 0. The molecule has 2 aromatic heterocycles. The Balaban J connectivity index is 1.58. The van der Waals surface area contributed by atoms with Crippen LogP contribution in [0.15, 0.2) is 46.2 Å². The van der Waals surface area contributed by atoms with E-state index in [2.05, 4.69) is 20.7 Å². The lowest BCUT2D eigenvalue weighted by Crippen LogP contribution is -2.37. The minimum absolute atomic E-state index is 0.331. The topological polar surface area (TPSA) is 88.9 Å². The molecule has 1 aromatic carbocycles. The summed E-state index contributed by atoms with van der Waals surface area (Å²) in [5.74, 6) is 0. The van der Waals surface area contributed by atoms with Crippen LogP contribution >= 0.6 is 0 Å². The first kappa shape index (κ1) is 15.0. The quantitative estimate of drug-likeness (QED) is 0.630. The molecule has 3 rings (SSSR count). The highest BCUT2D eigenvalue weighted by Crippen LogP contribution is 2.14. The van der Waals surface area contributed by atoms with Crippen molar-refractivity contribution in [2.75, 3.05) is 17.2 Å². The number of rotatable bonds is 7. The molecule has 0 unspecified atom stereocenters. The first-order chi connectivity index (χ1) is 11.1. The highest BCUT2D eigenvalue weighted by Gasteiger charge is 2.20. The Bertz CT molecular complexity index is 862. The summed E-state index contributed by atoms with van der Waals surface area (Å²) < 4.78 is 1.79. The van der Waals surface area contributed by atoms with Gasteiger partial charge < -0.3 is 10.6 Å². The van der Waals surface area contributed by atoms with Gasteiger partial charge in [0.1, 0.15) is 11.4 Å². The van der Waals surface area contributed by atoms with Gasteiger partial charge in [0.05, 0.1) is 24.5 Å². The third-order valence-electron chi connectivity index (χ3n) is 3.50. The molecule has 0 radical (unpaired) electrons. The second kappa shape index (κ2) is 6.43. The standard InChI is InChI=1S/C16H17N5O2/c1-11-5-8-21(20-11)9-7-18-13-14(16(23)15(13)22)19-10-12-4-2-3-6-17-12/h2-6,8,18-19H,7,9-10H2,1H3. The molecule has 0 saturated carbocycles. The van der Waals surface area contributed by atoms with Crippen molar-refractivity contribution in [3.63, 3.8) is 0 Å². The molecule has 0 fully saturated rings. The zero-order chi connectivity index (χ0) is 16.2. The van der Waals surface area contributed by atoms with Crippen molar-refractivity contribution in [3.8, 4) is 0 Å². The number of nitrogens with one attached hydrogen (secondary N) is 2. The number of aromatic nitrogens is 3. The average Bonchev–Trinajstić information content (AvgIpc) is 2.99. The molecular weight excluding hydrogens is 294 g/mol. The summed E-state index contributed by atoms with van der Waals surface area (Å²) in [5.41, 5.74) is 1.45. The van der Waals surface area contributed by atoms with Crippen molar-refractivity contribution in [2.45, 2.75) is 20.0 Å². The van der Waals surface area contributed by atoms with Gasteiger partial charge in [-0.25, -0.2) is 0 Å². The Labute approximate surface area is 132 Å². The van der Waals surface area contributed by atoms with Gasteiger partial charge in [-0.3, -0.25) is 19.3 Å². The molecule has 0 atom stereocenters. The van der Waals surface area contributed by atoms with E-state index in [4.69, 9.17) is 0 Å². The van der Waals surface area contributed by atoms with Crippen LogP contribution in [-0.2, 0) is 13.1 Å². The van der Waals surface area contributed by atoms with Gasteiger partial charge in [0, 0.05) is 18.9 Å². The molecule has 0 aliphatic heterocycles. The Morgan fingerprint density at radius 3 is 2.52 bits per heavy atom. The Kier molecular flexibility index (Phi) is 4.18. The summed E-state index contributed by atoms with van der Waals surface area (Å²) in [7, 11) is 0. The third-order valence-corrected chi connectivity index (χ3v) is 3.50. The van der Waals surface area contributed by atoms with Gasteiger partial charge in [0.2, 0.25) is 0 Å². The molecule has 7 heteroatoms. The van der Waals surface area contributed by atoms with Crippen LogP contribution in [-0.4, -0.2) is 21.3 Å². The monoisotopic (exact) mass is 311 g/mol. The Hall–Kier alpha value is -2.96. The highest BCUT2D eigenvalue weighted by molar-refractivity contribution is 5.73. The lowest BCUT2D eigenvalue weighted by Gasteiger charge is -2.14. The van der Waals surface area contributed by atoms with Crippen molar-refractivity contribution in [3.05, 3.63) is 68.5 Å². The van der Waals surface area contributed by atoms with Crippen molar-refractivity contribution in [1.82, 2.24) is 14.8 Å². The molecule has 118 valence electrons. The van der Waals surface area contributed by atoms with E-state index in [0.717, 1.165) is 11.4 Å². The van der Waals surface area contributed by atoms with Crippen molar-refractivity contribution in [2.24, 2.45) is 0 Å². The second-order valence-corrected chi connectivity index (χ2v) is 5.23. The predicted octanol–water partition coefficient (Wildman–Crippen LogP) is 0.907. The molecule has 2 N–H and O–H groups in total. The van der Waals surface area contributed by atoms with Crippen LogP contribution in [0.4, 0.5) is 11.4 Å². The molecule has 0 aliphatic rings. The van der Waals surface area contributed by atoms with Gasteiger partial charge in [-0.05, 0) is 25.1 Å². The third kappa shape index (κ3) is 3.28. The van der Waals surface area contributed by atoms with E-state index in [9.17, 15) is 9.59 Å². The maximum absolute atomic E-state index is 11.7. The van der Waals surface area contributed by atoms with Crippen LogP contribution in [0.5, 0.6) is 0 Å². The number of hydrogen-bond acceptors (Lipinski definition) is 6. The number of aryl methyl sites for hydroxylation is 1. The zero-order valence-electron chi connectivity index (χ0n) is 12.7. The summed E-state index contributed by atoms with van der Waals surface area (Å²) in [6.07, 6.45) is 3.56. The molecule has 0 amide bonds. The van der Waals surface area contributed by atoms with E-state index in [0.29, 0.717) is 31.0 Å². The van der Waals surface area contributed by atoms with Crippen molar-refractivity contribution >= 4 is 11.4 Å². The smallest absolute Gasteiger partial charge is 0.253 e. The van der Waals surface area contributed by atoms with Crippen LogP contribution in [0, 0.1) is 6.92 Å². The highest BCUT2D eigenvalue weighted by atomic mass is 16.2. The average molecular weight is 311 g/mol. The minimum Gasteiger partial charge on any atom is -0.378 e. The molecule has 2 heterocycles. The fourth-order valence-electron chi connectivity index (χ4n) is 2.29. The van der Waals surface area contributed by atoms with Gasteiger partial charge in [0.25, 0.3) is 10.9 Å². The molecule has 3 aromatic rings. The maximum atomic E-state index is 11.7. The molecule has 0 saturated heterocycles. The first-order valence-corrected chi connectivity index (χ1v) is 7.36. The van der Waals surface area contributed by atoms with Gasteiger partial charge in [-0.15, -0.1) is 0 Å². The number of hydrogen-bond donors (Lipinski definition) is 2. The predicted molar refractivity (Wildman–Crippen MR) is 88.4 cm³/mol. The van der Waals surface area contributed by atoms with Crippen LogP contribution in [0.25, 0.3) is 0 Å². The summed E-state index contributed by atoms with van der Waals surface area (Å²) in [5, 5.41) is 10.3.